The summed E-state index contributed by atoms with van der Waals surface area (Å²) in [5, 5.41) is 2.91. The minimum absolute atomic E-state index is 0.0143. The molecule has 0 aliphatic carbocycles. The first-order chi connectivity index (χ1) is 12.9. The summed E-state index contributed by atoms with van der Waals surface area (Å²) in [6.45, 7) is 8.55. The van der Waals surface area contributed by atoms with Gasteiger partial charge in [0.2, 0.25) is 0 Å². The Kier molecular flexibility index (Phi) is 5.65. The van der Waals surface area contributed by atoms with E-state index in [0.29, 0.717) is 24.4 Å². The van der Waals surface area contributed by atoms with Crippen molar-refractivity contribution in [2.75, 3.05) is 5.32 Å². The Balaban J connectivity index is 1.77. The first-order valence-corrected chi connectivity index (χ1v) is 9.92. The van der Waals surface area contributed by atoms with Gasteiger partial charge in [0.15, 0.2) is 6.10 Å². The molecule has 0 bridgehead atoms. The van der Waals surface area contributed by atoms with E-state index in [0.717, 1.165) is 15.8 Å². The fourth-order valence-electron chi connectivity index (χ4n) is 2.94. The van der Waals surface area contributed by atoms with Crippen LogP contribution in [0, 0.1) is 13.8 Å². The summed E-state index contributed by atoms with van der Waals surface area (Å²) in [4.78, 5) is 24.7. The summed E-state index contributed by atoms with van der Waals surface area (Å²) in [6.07, 6.45) is -0.0256. The molecule has 1 atom stereocenters. The highest BCUT2D eigenvalue weighted by Crippen LogP contribution is 2.23. The Morgan fingerprint density at radius 2 is 1.93 bits per heavy atom. The van der Waals surface area contributed by atoms with Gasteiger partial charge in [0.05, 0.1) is 10.2 Å². The molecule has 142 valence electrons. The fourth-order valence-corrected chi connectivity index (χ4v) is 3.93. The van der Waals surface area contributed by atoms with Crippen molar-refractivity contribution in [1.29, 1.82) is 0 Å². The number of nitrogens with zero attached hydrogens (tertiary/aromatic N) is 1. The number of nitrogens with one attached hydrogen (secondary N) is 1. The van der Waals surface area contributed by atoms with Crippen LogP contribution >= 0.6 is 11.3 Å². The van der Waals surface area contributed by atoms with Gasteiger partial charge in [0.1, 0.15) is 5.75 Å². The highest BCUT2D eigenvalue weighted by atomic mass is 32.1. The summed E-state index contributed by atoms with van der Waals surface area (Å²) in [5.41, 5.74) is 3.87. The van der Waals surface area contributed by atoms with E-state index in [1.807, 2.05) is 64.1 Å². The van der Waals surface area contributed by atoms with E-state index in [-0.39, 0.29) is 10.8 Å². The smallest absolute Gasteiger partial charge is 0.308 e. The van der Waals surface area contributed by atoms with E-state index in [4.69, 9.17) is 4.74 Å². The Bertz CT molecular complexity index is 1040. The molecule has 1 heterocycles. The lowest BCUT2D eigenvalue weighted by atomic mass is 10.1. The van der Waals surface area contributed by atoms with E-state index >= 15 is 0 Å². The second-order valence-corrected chi connectivity index (χ2v) is 7.54. The summed E-state index contributed by atoms with van der Waals surface area (Å²) in [5.74, 6) is 0.492. The van der Waals surface area contributed by atoms with E-state index in [2.05, 4.69) is 5.32 Å². The molecule has 0 radical (unpaired) electrons. The predicted octanol–water partition coefficient (Wildman–Crippen LogP) is 4.50. The Hall–Kier alpha value is -2.60. The predicted molar refractivity (Wildman–Crippen MR) is 111 cm³/mol. The van der Waals surface area contributed by atoms with E-state index in [9.17, 15) is 9.59 Å². The molecule has 1 amide bonds. The maximum absolute atomic E-state index is 12.7. The van der Waals surface area contributed by atoms with Gasteiger partial charge in [-0.2, -0.15) is 0 Å². The van der Waals surface area contributed by atoms with Gasteiger partial charge in [-0.1, -0.05) is 24.3 Å². The number of carbonyl (C=O) groups excluding carboxylic acids is 1. The topological polar surface area (TPSA) is 60.3 Å². The van der Waals surface area contributed by atoms with Gasteiger partial charge in [0, 0.05) is 12.2 Å². The van der Waals surface area contributed by atoms with Gasteiger partial charge in [0.25, 0.3) is 5.91 Å². The molecule has 0 saturated carbocycles. The minimum atomic E-state index is -0.582. The van der Waals surface area contributed by atoms with Gasteiger partial charge in [-0.3, -0.25) is 14.2 Å². The zero-order valence-electron chi connectivity index (χ0n) is 16.0. The lowest BCUT2D eigenvalue weighted by molar-refractivity contribution is -0.122. The molecule has 1 aromatic heterocycles. The van der Waals surface area contributed by atoms with Crippen molar-refractivity contribution in [3.63, 3.8) is 0 Å². The number of carbonyl (C=O) groups is 1. The quantitative estimate of drug-likeness (QED) is 0.681. The monoisotopic (exact) mass is 384 g/mol. The number of benzene rings is 2. The molecule has 1 N–H and O–H groups in total. The third-order valence-corrected chi connectivity index (χ3v) is 5.61. The maximum Gasteiger partial charge on any atom is 0.308 e. The van der Waals surface area contributed by atoms with Crippen LogP contribution in [-0.2, 0) is 11.3 Å². The van der Waals surface area contributed by atoms with Crippen LogP contribution in [0.15, 0.2) is 41.2 Å². The number of hydrogen-bond acceptors (Lipinski definition) is 4. The van der Waals surface area contributed by atoms with Gasteiger partial charge in [-0.15, -0.1) is 0 Å². The molecule has 2 aromatic carbocycles. The SMILES string of the molecule is CCC(Oc1ccc(C)c(C)c1)C(=O)Nc1ccc2c(c1)sc(=O)n2CC. The van der Waals surface area contributed by atoms with Gasteiger partial charge in [-0.25, -0.2) is 0 Å². The zero-order chi connectivity index (χ0) is 19.6. The number of hydrogen-bond donors (Lipinski definition) is 1. The number of amides is 1. The number of thiazole rings is 1. The number of ether oxygens (including phenoxy) is 1. The molecule has 0 fully saturated rings. The molecule has 1 unspecified atom stereocenters. The summed E-state index contributed by atoms with van der Waals surface area (Å²) in [7, 11) is 0. The van der Waals surface area contributed by atoms with Crippen LogP contribution in [0.25, 0.3) is 10.2 Å². The van der Waals surface area contributed by atoms with Crippen LogP contribution in [-0.4, -0.2) is 16.6 Å². The average Bonchev–Trinajstić information content (AvgIpc) is 2.96. The van der Waals surface area contributed by atoms with Crippen molar-refractivity contribution in [3.05, 3.63) is 57.2 Å². The molecular formula is C21H24N2O3S. The first-order valence-electron chi connectivity index (χ1n) is 9.11. The van der Waals surface area contributed by atoms with Crippen molar-refractivity contribution in [3.8, 4) is 5.75 Å². The zero-order valence-corrected chi connectivity index (χ0v) is 16.9. The highest BCUT2D eigenvalue weighted by Gasteiger charge is 2.19. The van der Waals surface area contributed by atoms with Gasteiger partial charge >= 0.3 is 4.87 Å². The van der Waals surface area contributed by atoms with Gasteiger partial charge < -0.3 is 10.1 Å². The molecule has 0 saturated heterocycles. The molecule has 6 heteroatoms. The van der Waals surface area contributed by atoms with E-state index in [1.54, 1.807) is 4.57 Å². The molecule has 3 aromatic rings. The van der Waals surface area contributed by atoms with Crippen molar-refractivity contribution in [2.45, 2.75) is 46.8 Å². The molecule has 0 aliphatic rings. The van der Waals surface area contributed by atoms with Crippen LogP contribution in [0.2, 0.25) is 0 Å². The Morgan fingerprint density at radius 3 is 2.59 bits per heavy atom. The lowest BCUT2D eigenvalue weighted by Gasteiger charge is -2.18. The first kappa shape index (κ1) is 19.2. The maximum atomic E-state index is 12.7. The Morgan fingerprint density at radius 1 is 1.15 bits per heavy atom. The van der Waals surface area contributed by atoms with Crippen LogP contribution in [0.5, 0.6) is 5.75 Å². The fraction of sp³-hybridized carbons (Fsp3) is 0.333. The number of fused-ring (bicyclic) bond motifs is 1. The molecule has 0 aliphatic heterocycles. The van der Waals surface area contributed by atoms with Crippen molar-refractivity contribution in [1.82, 2.24) is 4.57 Å². The lowest BCUT2D eigenvalue weighted by Crippen LogP contribution is -2.32. The molecular weight excluding hydrogens is 360 g/mol. The van der Waals surface area contributed by atoms with Crippen molar-refractivity contribution in [2.24, 2.45) is 0 Å². The second kappa shape index (κ2) is 7.96. The average molecular weight is 385 g/mol. The van der Waals surface area contributed by atoms with Crippen LogP contribution < -0.4 is 14.9 Å². The van der Waals surface area contributed by atoms with Crippen LogP contribution in [0.4, 0.5) is 5.69 Å². The highest BCUT2D eigenvalue weighted by molar-refractivity contribution is 7.16. The summed E-state index contributed by atoms with van der Waals surface area (Å²) >= 11 is 1.19. The normalized spacial score (nSPS) is 12.1. The third-order valence-electron chi connectivity index (χ3n) is 4.67. The molecule has 5 nitrogen and oxygen atoms in total. The van der Waals surface area contributed by atoms with E-state index in [1.165, 1.54) is 16.9 Å². The number of rotatable bonds is 6. The third kappa shape index (κ3) is 4.06. The molecule has 27 heavy (non-hydrogen) atoms. The van der Waals surface area contributed by atoms with Crippen molar-refractivity contribution < 1.29 is 9.53 Å². The van der Waals surface area contributed by atoms with Crippen LogP contribution in [0.3, 0.4) is 0 Å². The summed E-state index contributed by atoms with van der Waals surface area (Å²) in [6, 6.07) is 11.4. The van der Waals surface area contributed by atoms with Gasteiger partial charge in [-0.05, 0) is 68.7 Å². The largest absolute Gasteiger partial charge is 0.481 e. The minimum Gasteiger partial charge on any atom is -0.481 e. The van der Waals surface area contributed by atoms with Crippen LogP contribution in [0.1, 0.15) is 31.4 Å². The molecule has 0 spiro atoms. The number of anilines is 1. The number of aromatic nitrogens is 1. The standard InChI is InChI=1S/C21H24N2O3S/c1-5-18(26-16-9-7-13(3)14(4)11-16)20(24)22-15-8-10-17-19(12-15)27-21(25)23(17)6-2/h7-12,18H,5-6H2,1-4H3,(H,22,24). The second-order valence-electron chi connectivity index (χ2n) is 6.54. The Labute approximate surface area is 162 Å². The van der Waals surface area contributed by atoms with E-state index < -0.39 is 6.10 Å². The summed E-state index contributed by atoms with van der Waals surface area (Å²) < 4.78 is 8.49. The van der Waals surface area contributed by atoms with Crippen molar-refractivity contribution >= 4 is 33.1 Å². The number of aryl methyl sites for hydroxylation is 3. The molecule has 3 rings (SSSR count).